The number of aliphatic imine (C=N–C) groups is 1. The second-order valence-electron chi connectivity index (χ2n) is 9.15. The maximum absolute atomic E-state index is 13.6. The Bertz CT molecular complexity index is 1220. The van der Waals surface area contributed by atoms with Gasteiger partial charge in [0.05, 0.1) is 11.4 Å². The molecule has 0 saturated heterocycles. The summed E-state index contributed by atoms with van der Waals surface area (Å²) in [5.74, 6) is 0.224. The highest BCUT2D eigenvalue weighted by molar-refractivity contribution is 6.32. The molecule has 3 aromatic rings. The van der Waals surface area contributed by atoms with Gasteiger partial charge in [-0.2, -0.15) is 0 Å². The Morgan fingerprint density at radius 2 is 1.70 bits per heavy atom. The third kappa shape index (κ3) is 5.01. The zero-order chi connectivity index (χ0) is 23.7. The van der Waals surface area contributed by atoms with Crippen LogP contribution in [0.3, 0.4) is 0 Å². The lowest BCUT2D eigenvalue weighted by molar-refractivity contribution is -0.117. The summed E-state index contributed by atoms with van der Waals surface area (Å²) in [6, 6.07) is 17.4. The molecule has 1 unspecified atom stereocenters. The third-order valence-corrected chi connectivity index (χ3v) is 6.30. The van der Waals surface area contributed by atoms with Crippen LogP contribution in [-0.2, 0) is 11.2 Å². The van der Waals surface area contributed by atoms with Crippen LogP contribution < -0.4 is 5.32 Å². The van der Waals surface area contributed by atoms with E-state index in [9.17, 15) is 9.18 Å². The zero-order valence-corrected chi connectivity index (χ0v) is 20.1. The number of nitrogens with one attached hydrogen (secondary N) is 1. The van der Waals surface area contributed by atoms with Crippen molar-refractivity contribution in [2.45, 2.75) is 52.0 Å². The van der Waals surface area contributed by atoms with Gasteiger partial charge in [0, 0.05) is 22.6 Å². The van der Waals surface area contributed by atoms with Crippen LogP contribution in [0.2, 0.25) is 5.02 Å². The standard InChI is InChI=1S/C28H28ClFN2O/c1-16(2)19-7-11-23(17(3)4)20(13-19)14-26-28(33)32-25-12-8-21(29)15-24(25)27(31-26)18-5-9-22(30)10-6-18/h5-13,15-17,26H,14H2,1-4H3,(H,32,33). The van der Waals surface area contributed by atoms with E-state index in [0.717, 1.165) is 16.7 Å². The molecule has 0 aromatic heterocycles. The highest BCUT2D eigenvalue weighted by Gasteiger charge is 2.27. The van der Waals surface area contributed by atoms with E-state index in [2.05, 4.69) is 51.2 Å². The van der Waals surface area contributed by atoms with Crippen molar-refractivity contribution in [3.63, 3.8) is 0 Å². The van der Waals surface area contributed by atoms with Gasteiger partial charge in [-0.25, -0.2) is 4.39 Å². The summed E-state index contributed by atoms with van der Waals surface area (Å²) >= 11 is 6.29. The number of nitrogens with zero attached hydrogens (tertiary/aromatic N) is 1. The fourth-order valence-corrected chi connectivity index (χ4v) is 4.40. The number of fused-ring (bicyclic) bond motifs is 1. The van der Waals surface area contributed by atoms with Gasteiger partial charge in [-0.05, 0) is 71.0 Å². The predicted octanol–water partition coefficient (Wildman–Crippen LogP) is 7.13. The molecule has 0 saturated carbocycles. The number of benzodiazepines with no additional fused rings is 1. The van der Waals surface area contributed by atoms with Crippen LogP contribution in [0.5, 0.6) is 0 Å². The molecule has 0 radical (unpaired) electrons. The van der Waals surface area contributed by atoms with E-state index in [-0.39, 0.29) is 11.7 Å². The highest BCUT2D eigenvalue weighted by atomic mass is 35.5. The van der Waals surface area contributed by atoms with E-state index in [1.807, 2.05) is 0 Å². The number of halogens is 2. The summed E-state index contributed by atoms with van der Waals surface area (Å²) < 4.78 is 13.6. The van der Waals surface area contributed by atoms with Crippen LogP contribution >= 0.6 is 11.6 Å². The molecule has 1 atom stereocenters. The van der Waals surface area contributed by atoms with Crippen molar-refractivity contribution in [3.05, 3.63) is 99.3 Å². The molecule has 4 rings (SSSR count). The molecule has 0 spiro atoms. The van der Waals surface area contributed by atoms with Crippen LogP contribution in [0.15, 0.2) is 65.7 Å². The molecular formula is C28H28ClFN2O. The summed E-state index contributed by atoms with van der Waals surface area (Å²) in [7, 11) is 0. The molecule has 170 valence electrons. The first-order valence-corrected chi connectivity index (χ1v) is 11.7. The van der Waals surface area contributed by atoms with E-state index >= 15 is 0 Å². The van der Waals surface area contributed by atoms with Gasteiger partial charge in [-0.1, -0.05) is 57.5 Å². The minimum Gasteiger partial charge on any atom is -0.324 e. The number of carbonyl (C=O) groups is 1. The number of hydrogen-bond donors (Lipinski definition) is 1. The average molecular weight is 463 g/mol. The number of benzene rings is 3. The van der Waals surface area contributed by atoms with E-state index < -0.39 is 6.04 Å². The zero-order valence-electron chi connectivity index (χ0n) is 19.3. The van der Waals surface area contributed by atoms with Crippen molar-refractivity contribution in [1.29, 1.82) is 0 Å². The second kappa shape index (κ2) is 9.48. The second-order valence-corrected chi connectivity index (χ2v) is 9.59. The van der Waals surface area contributed by atoms with Gasteiger partial charge in [0.25, 0.3) is 0 Å². The van der Waals surface area contributed by atoms with E-state index in [1.54, 1.807) is 30.3 Å². The van der Waals surface area contributed by atoms with Gasteiger partial charge in [-0.15, -0.1) is 0 Å². The minimum absolute atomic E-state index is 0.166. The van der Waals surface area contributed by atoms with Gasteiger partial charge in [0.2, 0.25) is 5.91 Å². The maximum Gasteiger partial charge on any atom is 0.249 e. The number of rotatable bonds is 5. The Balaban J connectivity index is 1.83. The molecule has 1 N–H and O–H groups in total. The Kier molecular flexibility index (Phi) is 6.66. The largest absolute Gasteiger partial charge is 0.324 e. The number of anilines is 1. The van der Waals surface area contributed by atoms with Crippen molar-refractivity contribution in [2.75, 3.05) is 5.32 Å². The highest BCUT2D eigenvalue weighted by Crippen LogP contribution is 2.30. The third-order valence-electron chi connectivity index (χ3n) is 6.07. The van der Waals surface area contributed by atoms with Gasteiger partial charge in [0.1, 0.15) is 11.9 Å². The van der Waals surface area contributed by atoms with Crippen LogP contribution in [0.4, 0.5) is 10.1 Å². The number of hydrogen-bond acceptors (Lipinski definition) is 2. The van der Waals surface area contributed by atoms with Crippen LogP contribution in [0, 0.1) is 5.82 Å². The van der Waals surface area contributed by atoms with Crippen molar-refractivity contribution >= 4 is 28.9 Å². The van der Waals surface area contributed by atoms with E-state index in [0.29, 0.717) is 34.7 Å². The Hall–Kier alpha value is -2.98. The van der Waals surface area contributed by atoms with Crippen LogP contribution in [-0.4, -0.2) is 17.7 Å². The molecular weight excluding hydrogens is 435 g/mol. The SMILES string of the molecule is CC(C)c1ccc(C(C)C)c(CC2N=C(c3ccc(F)cc3)c3cc(Cl)ccc3NC2=O)c1. The molecule has 1 aliphatic heterocycles. The molecule has 0 fully saturated rings. The van der Waals surface area contributed by atoms with Gasteiger partial charge >= 0.3 is 0 Å². The lowest BCUT2D eigenvalue weighted by Gasteiger charge is -2.19. The number of amides is 1. The van der Waals surface area contributed by atoms with Gasteiger partial charge < -0.3 is 5.32 Å². The molecule has 3 nitrogen and oxygen atoms in total. The molecule has 1 heterocycles. The molecule has 5 heteroatoms. The molecule has 0 bridgehead atoms. The maximum atomic E-state index is 13.6. The summed E-state index contributed by atoms with van der Waals surface area (Å²) in [6.45, 7) is 8.65. The molecule has 1 aliphatic rings. The Labute approximate surface area is 199 Å². The molecule has 1 amide bonds. The Morgan fingerprint density at radius 3 is 2.36 bits per heavy atom. The summed E-state index contributed by atoms with van der Waals surface area (Å²) in [6.07, 6.45) is 0.478. The molecule has 33 heavy (non-hydrogen) atoms. The smallest absolute Gasteiger partial charge is 0.249 e. The van der Waals surface area contributed by atoms with Crippen molar-refractivity contribution in [3.8, 4) is 0 Å². The first-order chi connectivity index (χ1) is 15.7. The predicted molar refractivity (Wildman–Crippen MR) is 134 cm³/mol. The molecule has 0 aliphatic carbocycles. The van der Waals surface area contributed by atoms with Gasteiger partial charge in [-0.3, -0.25) is 9.79 Å². The van der Waals surface area contributed by atoms with Crippen molar-refractivity contribution < 1.29 is 9.18 Å². The first kappa shape index (κ1) is 23.2. The van der Waals surface area contributed by atoms with Gasteiger partial charge in [0.15, 0.2) is 0 Å². The average Bonchev–Trinajstić information content (AvgIpc) is 2.90. The minimum atomic E-state index is -0.629. The van der Waals surface area contributed by atoms with Crippen LogP contribution in [0.25, 0.3) is 0 Å². The summed E-state index contributed by atoms with van der Waals surface area (Å²) in [5, 5.41) is 3.58. The lowest BCUT2D eigenvalue weighted by atomic mass is 9.89. The van der Waals surface area contributed by atoms with E-state index in [4.69, 9.17) is 16.6 Å². The monoisotopic (exact) mass is 462 g/mol. The van der Waals surface area contributed by atoms with E-state index in [1.165, 1.54) is 23.3 Å². The fraction of sp³-hybridized carbons (Fsp3) is 0.286. The Morgan fingerprint density at radius 1 is 0.970 bits per heavy atom. The topological polar surface area (TPSA) is 41.5 Å². The van der Waals surface area contributed by atoms with Crippen molar-refractivity contribution in [2.24, 2.45) is 4.99 Å². The summed E-state index contributed by atoms with van der Waals surface area (Å²) in [4.78, 5) is 18.2. The first-order valence-electron chi connectivity index (χ1n) is 11.3. The molecule has 3 aromatic carbocycles. The fourth-order valence-electron chi connectivity index (χ4n) is 4.23. The quantitative estimate of drug-likeness (QED) is 0.430. The van der Waals surface area contributed by atoms with Crippen LogP contribution in [0.1, 0.15) is 67.3 Å². The normalized spacial score (nSPS) is 15.8. The lowest BCUT2D eigenvalue weighted by Crippen LogP contribution is -2.28. The summed E-state index contributed by atoms with van der Waals surface area (Å²) in [5.41, 5.74) is 6.32. The van der Waals surface area contributed by atoms with Crippen molar-refractivity contribution in [1.82, 2.24) is 0 Å². The number of carbonyl (C=O) groups excluding carboxylic acids is 1.